The topological polar surface area (TPSA) is 48.3 Å². The minimum atomic E-state index is 0. The Morgan fingerprint density at radius 2 is 1.96 bits per heavy atom. The number of rotatable bonds is 4. The van der Waals surface area contributed by atoms with Gasteiger partial charge in [-0.3, -0.25) is 4.90 Å². The number of nitriles is 1. The fourth-order valence-corrected chi connectivity index (χ4v) is 3.10. The Bertz CT molecular complexity index is 697. The first kappa shape index (κ1) is 18.3. The van der Waals surface area contributed by atoms with Crippen molar-refractivity contribution in [2.75, 3.05) is 26.7 Å². The van der Waals surface area contributed by atoms with Crippen molar-refractivity contribution in [3.05, 3.63) is 65.2 Å². The Morgan fingerprint density at radius 1 is 1.21 bits per heavy atom. The molecule has 0 spiro atoms. The summed E-state index contributed by atoms with van der Waals surface area (Å²) in [5.41, 5.74) is 3.15. The van der Waals surface area contributed by atoms with Gasteiger partial charge in [0.15, 0.2) is 0 Å². The number of hydrogen-bond acceptors (Lipinski definition) is 4. The summed E-state index contributed by atoms with van der Waals surface area (Å²) in [5, 5.41) is 12.4. The Labute approximate surface area is 149 Å². The number of methoxy groups -OCH3 is 1. The fraction of sp³-hybridized carbons (Fsp3) is 0.316. The van der Waals surface area contributed by atoms with E-state index in [9.17, 15) is 0 Å². The highest BCUT2D eigenvalue weighted by atomic mass is 35.5. The van der Waals surface area contributed by atoms with E-state index < -0.39 is 0 Å². The Kier molecular flexibility index (Phi) is 6.62. The van der Waals surface area contributed by atoms with Crippen LogP contribution in [0.2, 0.25) is 0 Å². The molecule has 1 aliphatic heterocycles. The molecule has 1 unspecified atom stereocenters. The third kappa shape index (κ3) is 4.07. The van der Waals surface area contributed by atoms with Crippen molar-refractivity contribution in [1.29, 1.82) is 5.26 Å². The van der Waals surface area contributed by atoms with E-state index in [-0.39, 0.29) is 18.4 Å². The van der Waals surface area contributed by atoms with Crippen molar-refractivity contribution in [2.45, 2.75) is 12.6 Å². The molecular weight excluding hydrogens is 322 g/mol. The third-order valence-corrected chi connectivity index (χ3v) is 4.32. The van der Waals surface area contributed by atoms with Gasteiger partial charge in [0.1, 0.15) is 5.75 Å². The molecule has 2 aromatic rings. The molecule has 1 saturated heterocycles. The molecule has 24 heavy (non-hydrogen) atoms. The zero-order valence-electron chi connectivity index (χ0n) is 13.7. The Hall–Kier alpha value is -2.06. The molecule has 4 nitrogen and oxygen atoms in total. The molecular formula is C19H22ClN3O. The second-order valence-corrected chi connectivity index (χ2v) is 5.74. The zero-order chi connectivity index (χ0) is 16.1. The van der Waals surface area contributed by atoms with Crippen molar-refractivity contribution in [2.24, 2.45) is 0 Å². The predicted molar refractivity (Wildman–Crippen MR) is 97.4 cm³/mol. The van der Waals surface area contributed by atoms with Gasteiger partial charge in [-0.15, -0.1) is 12.4 Å². The lowest BCUT2D eigenvalue weighted by atomic mass is 10.0. The molecule has 1 fully saturated rings. The summed E-state index contributed by atoms with van der Waals surface area (Å²) < 4.78 is 5.54. The molecule has 1 aliphatic rings. The molecule has 0 aromatic heterocycles. The second kappa shape index (κ2) is 8.70. The van der Waals surface area contributed by atoms with Crippen LogP contribution in [0.3, 0.4) is 0 Å². The van der Waals surface area contributed by atoms with Crippen molar-refractivity contribution in [3.8, 4) is 11.8 Å². The van der Waals surface area contributed by atoms with Crippen LogP contribution in [0.25, 0.3) is 0 Å². The van der Waals surface area contributed by atoms with Gasteiger partial charge in [0.05, 0.1) is 24.8 Å². The summed E-state index contributed by atoms with van der Waals surface area (Å²) in [6.07, 6.45) is 0. The summed E-state index contributed by atoms with van der Waals surface area (Å²) in [7, 11) is 1.72. The Balaban J connectivity index is 0.00000208. The maximum atomic E-state index is 8.92. The van der Waals surface area contributed by atoms with Crippen LogP contribution in [0.1, 0.15) is 22.7 Å². The van der Waals surface area contributed by atoms with E-state index in [1.807, 2.05) is 36.4 Å². The number of halogens is 1. The van der Waals surface area contributed by atoms with Crippen LogP contribution in [-0.2, 0) is 6.54 Å². The van der Waals surface area contributed by atoms with Gasteiger partial charge in [-0.05, 0) is 23.8 Å². The SMILES string of the molecule is COc1ccccc1C1CNCCN1Cc1ccc(C#N)cc1.Cl. The van der Waals surface area contributed by atoms with Crippen LogP contribution in [0.4, 0.5) is 0 Å². The van der Waals surface area contributed by atoms with Gasteiger partial charge in [0, 0.05) is 31.7 Å². The molecule has 5 heteroatoms. The smallest absolute Gasteiger partial charge is 0.123 e. The minimum absolute atomic E-state index is 0. The standard InChI is InChI=1S/C19H21N3O.ClH/c1-23-19-5-3-2-4-17(19)18-13-21-10-11-22(18)14-16-8-6-15(12-20)7-9-16;/h2-9,18,21H,10-11,13-14H2,1H3;1H. The number of nitrogens with zero attached hydrogens (tertiary/aromatic N) is 2. The molecule has 1 N–H and O–H groups in total. The van der Waals surface area contributed by atoms with E-state index in [0.717, 1.165) is 31.9 Å². The molecule has 0 radical (unpaired) electrons. The van der Waals surface area contributed by atoms with E-state index in [1.165, 1.54) is 11.1 Å². The first-order chi connectivity index (χ1) is 11.3. The van der Waals surface area contributed by atoms with Crippen molar-refractivity contribution in [1.82, 2.24) is 10.2 Å². The summed E-state index contributed by atoms with van der Waals surface area (Å²) in [6.45, 7) is 3.76. The van der Waals surface area contributed by atoms with Gasteiger partial charge in [-0.25, -0.2) is 0 Å². The summed E-state index contributed by atoms with van der Waals surface area (Å²) >= 11 is 0. The van der Waals surface area contributed by atoms with E-state index in [2.05, 4.69) is 28.4 Å². The van der Waals surface area contributed by atoms with Gasteiger partial charge in [0.25, 0.3) is 0 Å². The van der Waals surface area contributed by atoms with Gasteiger partial charge in [-0.2, -0.15) is 5.26 Å². The van der Waals surface area contributed by atoms with Crippen LogP contribution in [-0.4, -0.2) is 31.6 Å². The summed E-state index contributed by atoms with van der Waals surface area (Å²) in [6, 6.07) is 18.5. The molecule has 3 rings (SSSR count). The molecule has 0 saturated carbocycles. The first-order valence-corrected chi connectivity index (χ1v) is 7.88. The monoisotopic (exact) mass is 343 g/mol. The maximum Gasteiger partial charge on any atom is 0.123 e. The van der Waals surface area contributed by atoms with Crippen LogP contribution < -0.4 is 10.1 Å². The van der Waals surface area contributed by atoms with Gasteiger partial charge < -0.3 is 10.1 Å². The lowest BCUT2D eigenvalue weighted by molar-refractivity contribution is 0.151. The van der Waals surface area contributed by atoms with Crippen LogP contribution >= 0.6 is 12.4 Å². The number of hydrogen-bond donors (Lipinski definition) is 1. The average Bonchev–Trinajstić information content (AvgIpc) is 2.63. The highest BCUT2D eigenvalue weighted by Crippen LogP contribution is 2.31. The van der Waals surface area contributed by atoms with Gasteiger partial charge in [0.2, 0.25) is 0 Å². The predicted octanol–water partition coefficient (Wildman–Crippen LogP) is 3.14. The molecule has 0 amide bonds. The van der Waals surface area contributed by atoms with Gasteiger partial charge >= 0.3 is 0 Å². The number of para-hydroxylation sites is 1. The summed E-state index contributed by atoms with van der Waals surface area (Å²) in [4.78, 5) is 2.47. The number of nitrogens with one attached hydrogen (secondary N) is 1. The minimum Gasteiger partial charge on any atom is -0.496 e. The highest BCUT2D eigenvalue weighted by molar-refractivity contribution is 5.85. The van der Waals surface area contributed by atoms with Gasteiger partial charge in [-0.1, -0.05) is 30.3 Å². The maximum absolute atomic E-state index is 8.92. The molecule has 1 heterocycles. The zero-order valence-corrected chi connectivity index (χ0v) is 14.6. The van der Waals surface area contributed by atoms with Crippen molar-refractivity contribution < 1.29 is 4.74 Å². The lowest BCUT2D eigenvalue weighted by Gasteiger charge is -2.37. The molecule has 0 aliphatic carbocycles. The highest BCUT2D eigenvalue weighted by Gasteiger charge is 2.26. The van der Waals surface area contributed by atoms with Crippen LogP contribution in [0, 0.1) is 11.3 Å². The van der Waals surface area contributed by atoms with E-state index in [4.69, 9.17) is 10.00 Å². The second-order valence-electron chi connectivity index (χ2n) is 5.74. The quantitative estimate of drug-likeness (QED) is 0.926. The number of ether oxygens (including phenoxy) is 1. The van der Waals surface area contributed by atoms with Crippen molar-refractivity contribution in [3.63, 3.8) is 0 Å². The largest absolute Gasteiger partial charge is 0.496 e. The number of benzene rings is 2. The normalized spacial score (nSPS) is 17.6. The van der Waals surface area contributed by atoms with E-state index in [0.29, 0.717) is 5.56 Å². The third-order valence-electron chi connectivity index (χ3n) is 4.32. The average molecular weight is 344 g/mol. The molecule has 1 atom stereocenters. The van der Waals surface area contributed by atoms with E-state index >= 15 is 0 Å². The molecule has 0 bridgehead atoms. The number of piperazine rings is 1. The van der Waals surface area contributed by atoms with Crippen LogP contribution in [0.5, 0.6) is 5.75 Å². The van der Waals surface area contributed by atoms with Crippen molar-refractivity contribution >= 4 is 12.4 Å². The molecule has 126 valence electrons. The summed E-state index contributed by atoms with van der Waals surface area (Å²) in [5.74, 6) is 0.936. The van der Waals surface area contributed by atoms with Crippen LogP contribution in [0.15, 0.2) is 48.5 Å². The molecule has 2 aromatic carbocycles. The van der Waals surface area contributed by atoms with E-state index in [1.54, 1.807) is 7.11 Å². The lowest BCUT2D eigenvalue weighted by Crippen LogP contribution is -2.45. The Morgan fingerprint density at radius 3 is 2.67 bits per heavy atom. The fourth-order valence-electron chi connectivity index (χ4n) is 3.10. The first-order valence-electron chi connectivity index (χ1n) is 7.88.